The lowest BCUT2D eigenvalue weighted by Crippen LogP contribution is -2.02. The van der Waals surface area contributed by atoms with E-state index in [1.165, 1.54) is 0 Å². The molecule has 0 unspecified atom stereocenters. The Kier molecular flexibility index (Phi) is 9.37. The quantitative estimate of drug-likeness (QED) is 0.549. The molecule has 0 heterocycles. The fourth-order valence-corrected chi connectivity index (χ4v) is 0.318. The average Bonchev–Trinajstić information content (AvgIpc) is 1.83. The third-order valence-corrected chi connectivity index (χ3v) is 0.756. The van der Waals surface area contributed by atoms with E-state index in [9.17, 15) is 4.79 Å². The van der Waals surface area contributed by atoms with Gasteiger partial charge in [-0.3, -0.25) is 4.79 Å². The van der Waals surface area contributed by atoms with Gasteiger partial charge in [-0.2, -0.15) is 0 Å². The molecule has 0 atom stereocenters. The number of hydrogen-bond donors (Lipinski definition) is 0. The molecule has 2 heteroatoms. The zero-order valence-electron chi connectivity index (χ0n) is 5.44. The molecule has 0 saturated heterocycles. The van der Waals surface area contributed by atoms with Gasteiger partial charge in [0.15, 0.2) is 0 Å². The van der Waals surface area contributed by atoms with Crippen molar-refractivity contribution in [1.29, 1.82) is 0 Å². The lowest BCUT2D eigenvalue weighted by atomic mass is 10.5. The van der Waals surface area contributed by atoms with Crippen LogP contribution in [0.1, 0.15) is 34.1 Å². The number of carbonyl (C=O) groups is 1. The predicted molar refractivity (Wildman–Crippen MR) is 38.3 cm³/mol. The first-order chi connectivity index (χ1) is 3.81. The van der Waals surface area contributed by atoms with Crippen molar-refractivity contribution in [3.63, 3.8) is 0 Å². The number of hydrogen-bond acceptors (Lipinski definition) is 2. The molecule has 9 heavy (non-hydrogen) atoms. The smallest absolute Gasteiger partial charge is 0.305 e. The van der Waals surface area contributed by atoms with Crippen LogP contribution in [0.2, 0.25) is 0 Å². The van der Waals surface area contributed by atoms with Crippen molar-refractivity contribution in [3.05, 3.63) is 0 Å². The van der Waals surface area contributed by atoms with Crippen molar-refractivity contribution in [3.8, 4) is 0 Å². The van der Waals surface area contributed by atoms with E-state index in [1.807, 2.05) is 6.92 Å². The summed E-state index contributed by atoms with van der Waals surface area (Å²) in [5.74, 6) is -0.105. The van der Waals surface area contributed by atoms with Crippen molar-refractivity contribution in [1.82, 2.24) is 0 Å². The molecule has 0 radical (unpaired) electrons. The van der Waals surface area contributed by atoms with Gasteiger partial charge in [-0.1, -0.05) is 21.3 Å². The van der Waals surface area contributed by atoms with E-state index in [2.05, 4.69) is 0 Å². The van der Waals surface area contributed by atoms with Gasteiger partial charge in [0.1, 0.15) is 0 Å². The summed E-state index contributed by atoms with van der Waals surface area (Å²) in [6.45, 7) is 4.33. The number of ether oxygens (including phenoxy) is 1. The fourth-order valence-electron chi connectivity index (χ4n) is 0.318. The molecule has 0 saturated carbocycles. The van der Waals surface area contributed by atoms with E-state index in [-0.39, 0.29) is 13.4 Å². The monoisotopic (exact) mass is 132 g/mol. The molecule has 0 aliphatic carbocycles. The fraction of sp³-hybridized carbons (Fsp3) is 0.857. The Morgan fingerprint density at radius 2 is 2.00 bits per heavy atom. The van der Waals surface area contributed by atoms with Gasteiger partial charge < -0.3 is 4.74 Å². The van der Waals surface area contributed by atoms with E-state index in [4.69, 9.17) is 4.74 Å². The maximum Gasteiger partial charge on any atom is 0.305 e. The second-order valence-electron chi connectivity index (χ2n) is 1.57. The normalized spacial score (nSPS) is 7.78. The molecule has 0 aromatic carbocycles. The van der Waals surface area contributed by atoms with E-state index in [0.717, 1.165) is 6.42 Å². The molecule has 0 aliphatic heterocycles. The van der Waals surface area contributed by atoms with Gasteiger partial charge in [-0.25, -0.2) is 0 Å². The minimum atomic E-state index is -0.105. The molecule has 0 amide bonds. The van der Waals surface area contributed by atoms with Gasteiger partial charge in [-0.15, -0.1) is 0 Å². The first kappa shape index (κ1) is 11.3. The zero-order valence-corrected chi connectivity index (χ0v) is 5.44. The molecule has 2 nitrogen and oxygen atoms in total. The highest BCUT2D eigenvalue weighted by molar-refractivity contribution is 5.68. The molecule has 0 N–H and O–H groups in total. The Hall–Kier alpha value is -0.530. The van der Waals surface area contributed by atoms with E-state index in [0.29, 0.717) is 13.0 Å². The second-order valence-corrected chi connectivity index (χ2v) is 1.57. The summed E-state index contributed by atoms with van der Waals surface area (Å²) in [6.07, 6.45) is 1.39. The Balaban J connectivity index is 0. The molecular weight excluding hydrogens is 116 g/mol. The van der Waals surface area contributed by atoms with Crippen molar-refractivity contribution in [2.24, 2.45) is 0 Å². The van der Waals surface area contributed by atoms with Gasteiger partial charge in [-0.05, 0) is 6.42 Å². The maximum atomic E-state index is 10.3. The number of esters is 1. The highest BCUT2D eigenvalue weighted by atomic mass is 16.5. The molecular formula is C7H16O2. The van der Waals surface area contributed by atoms with Crippen LogP contribution in [-0.2, 0) is 9.53 Å². The number of carbonyl (C=O) groups excluding carboxylic acids is 1. The molecule has 0 aromatic rings. The van der Waals surface area contributed by atoms with E-state index in [1.54, 1.807) is 6.92 Å². The standard InChI is InChI=1S/C6H12O2.CH4/c1-3-5-8-6(7)4-2;/h3-5H2,1-2H3;1H4. The van der Waals surface area contributed by atoms with Gasteiger partial charge in [0, 0.05) is 6.42 Å². The molecule has 0 fully saturated rings. The largest absolute Gasteiger partial charge is 0.466 e. The highest BCUT2D eigenvalue weighted by Gasteiger charge is 1.93. The summed E-state index contributed by atoms with van der Waals surface area (Å²) in [5.41, 5.74) is 0. The van der Waals surface area contributed by atoms with Crippen LogP contribution in [0.15, 0.2) is 0 Å². The van der Waals surface area contributed by atoms with Crippen molar-refractivity contribution in [2.75, 3.05) is 6.61 Å². The summed E-state index contributed by atoms with van der Waals surface area (Å²) in [4.78, 5) is 10.3. The Labute approximate surface area is 57.2 Å². The predicted octanol–water partition coefficient (Wildman–Crippen LogP) is 1.99. The summed E-state index contributed by atoms with van der Waals surface area (Å²) < 4.78 is 4.70. The second kappa shape index (κ2) is 7.47. The van der Waals surface area contributed by atoms with Crippen LogP contribution in [-0.4, -0.2) is 12.6 Å². The first-order valence-corrected chi connectivity index (χ1v) is 2.96. The van der Waals surface area contributed by atoms with Crippen molar-refractivity contribution in [2.45, 2.75) is 34.1 Å². The van der Waals surface area contributed by atoms with Gasteiger partial charge >= 0.3 is 5.97 Å². The summed E-state index contributed by atoms with van der Waals surface area (Å²) in [6, 6.07) is 0. The minimum absolute atomic E-state index is 0. The topological polar surface area (TPSA) is 26.3 Å². The lowest BCUT2D eigenvalue weighted by Gasteiger charge is -1.97. The van der Waals surface area contributed by atoms with Gasteiger partial charge in [0.25, 0.3) is 0 Å². The van der Waals surface area contributed by atoms with Crippen LogP contribution in [0, 0.1) is 0 Å². The lowest BCUT2D eigenvalue weighted by molar-refractivity contribution is -0.143. The maximum absolute atomic E-state index is 10.3. The van der Waals surface area contributed by atoms with E-state index < -0.39 is 0 Å². The first-order valence-electron chi connectivity index (χ1n) is 2.96. The van der Waals surface area contributed by atoms with E-state index >= 15 is 0 Å². The van der Waals surface area contributed by atoms with Crippen LogP contribution in [0.3, 0.4) is 0 Å². The third-order valence-electron chi connectivity index (χ3n) is 0.756. The number of rotatable bonds is 3. The minimum Gasteiger partial charge on any atom is -0.466 e. The highest BCUT2D eigenvalue weighted by Crippen LogP contribution is 1.85. The van der Waals surface area contributed by atoms with Crippen LogP contribution in [0.4, 0.5) is 0 Å². The van der Waals surface area contributed by atoms with Crippen LogP contribution in [0.25, 0.3) is 0 Å². The van der Waals surface area contributed by atoms with Crippen LogP contribution < -0.4 is 0 Å². The Morgan fingerprint density at radius 1 is 1.44 bits per heavy atom. The van der Waals surface area contributed by atoms with Crippen LogP contribution >= 0.6 is 0 Å². The Morgan fingerprint density at radius 3 is 2.33 bits per heavy atom. The third kappa shape index (κ3) is 7.47. The molecule has 0 rings (SSSR count). The van der Waals surface area contributed by atoms with Crippen molar-refractivity contribution >= 4 is 5.97 Å². The molecule has 0 bridgehead atoms. The van der Waals surface area contributed by atoms with Gasteiger partial charge in [0.2, 0.25) is 0 Å². The molecule has 56 valence electrons. The summed E-state index contributed by atoms with van der Waals surface area (Å²) >= 11 is 0. The van der Waals surface area contributed by atoms with Crippen molar-refractivity contribution < 1.29 is 9.53 Å². The summed E-state index contributed by atoms with van der Waals surface area (Å²) in [7, 11) is 0. The Bertz CT molecular complexity index is 69.3. The van der Waals surface area contributed by atoms with Crippen LogP contribution in [0.5, 0.6) is 0 Å². The average molecular weight is 132 g/mol. The molecule has 0 aliphatic rings. The molecule has 0 spiro atoms. The zero-order chi connectivity index (χ0) is 6.41. The summed E-state index contributed by atoms with van der Waals surface area (Å²) in [5, 5.41) is 0. The molecule has 0 aromatic heterocycles. The SMILES string of the molecule is C.CCCOC(=O)CC. The van der Waals surface area contributed by atoms with Gasteiger partial charge in [0.05, 0.1) is 6.61 Å².